The Labute approximate surface area is 194 Å². The van der Waals surface area contributed by atoms with Gasteiger partial charge < -0.3 is 9.47 Å². The fraction of sp³-hybridized carbons (Fsp3) is 0.130. The first-order valence-electron chi connectivity index (χ1n) is 9.40. The first-order valence-corrected chi connectivity index (χ1v) is 11.1. The Bertz CT molecular complexity index is 1200. The molecule has 8 heteroatoms. The average Bonchev–Trinajstić information content (AvgIpc) is 3.23. The van der Waals surface area contributed by atoms with E-state index in [9.17, 15) is 0 Å². The number of nitrogens with zero attached hydrogens (tertiary/aromatic N) is 3. The molecule has 0 unspecified atom stereocenters. The quantitative estimate of drug-likeness (QED) is 0.286. The van der Waals surface area contributed by atoms with Gasteiger partial charge in [0.25, 0.3) is 0 Å². The van der Waals surface area contributed by atoms with Crippen molar-refractivity contribution in [2.75, 3.05) is 14.2 Å². The maximum Gasteiger partial charge on any atom is 0.196 e. The highest BCUT2D eigenvalue weighted by Crippen LogP contribution is 2.35. The van der Waals surface area contributed by atoms with Gasteiger partial charge in [0.2, 0.25) is 0 Å². The molecule has 4 rings (SSSR count). The molecule has 0 saturated heterocycles. The summed E-state index contributed by atoms with van der Waals surface area (Å²) in [6.07, 6.45) is 0. The monoisotopic (exact) mass is 471 g/mol. The van der Waals surface area contributed by atoms with E-state index in [0.717, 1.165) is 33.5 Å². The molecule has 158 valence electrons. The van der Waals surface area contributed by atoms with Crippen LogP contribution in [0, 0.1) is 0 Å². The molecule has 0 N–H and O–H groups in total. The molecule has 0 aliphatic rings. The second-order valence-corrected chi connectivity index (χ2v) is 8.33. The van der Waals surface area contributed by atoms with Gasteiger partial charge in [-0.25, -0.2) is 0 Å². The lowest BCUT2D eigenvalue weighted by atomic mass is 10.2. The van der Waals surface area contributed by atoms with Gasteiger partial charge in [0, 0.05) is 5.75 Å². The van der Waals surface area contributed by atoms with Gasteiger partial charge in [-0.15, -0.1) is 10.2 Å². The Morgan fingerprint density at radius 2 is 1.65 bits per heavy atom. The lowest BCUT2D eigenvalue weighted by Crippen LogP contribution is -2.01. The maximum absolute atomic E-state index is 6.17. The van der Waals surface area contributed by atoms with Gasteiger partial charge >= 0.3 is 0 Å². The molecule has 0 amide bonds. The summed E-state index contributed by atoms with van der Waals surface area (Å²) in [6, 6.07) is 21.2. The van der Waals surface area contributed by atoms with Crippen molar-refractivity contribution in [3.05, 3.63) is 82.3 Å². The molecule has 31 heavy (non-hydrogen) atoms. The van der Waals surface area contributed by atoms with E-state index >= 15 is 0 Å². The molecular formula is C23H19Cl2N3O2S. The van der Waals surface area contributed by atoms with E-state index in [-0.39, 0.29) is 0 Å². The third-order valence-corrected chi connectivity index (χ3v) is 6.40. The van der Waals surface area contributed by atoms with E-state index < -0.39 is 0 Å². The minimum absolute atomic E-state index is 0.533. The van der Waals surface area contributed by atoms with Crippen molar-refractivity contribution in [1.82, 2.24) is 14.8 Å². The number of halogens is 2. The van der Waals surface area contributed by atoms with Crippen molar-refractivity contribution in [3.8, 4) is 28.6 Å². The molecule has 0 radical (unpaired) electrons. The van der Waals surface area contributed by atoms with E-state index in [2.05, 4.69) is 10.2 Å². The number of hydrogen-bond donors (Lipinski definition) is 0. The minimum Gasteiger partial charge on any atom is -0.497 e. The second-order valence-electron chi connectivity index (χ2n) is 6.58. The smallest absolute Gasteiger partial charge is 0.196 e. The van der Waals surface area contributed by atoms with Crippen LogP contribution in [-0.2, 0) is 5.75 Å². The lowest BCUT2D eigenvalue weighted by molar-refractivity contribution is 0.414. The molecule has 1 aromatic heterocycles. The Balaban J connectivity index is 1.75. The van der Waals surface area contributed by atoms with Crippen molar-refractivity contribution in [3.63, 3.8) is 0 Å². The Morgan fingerprint density at radius 3 is 2.35 bits per heavy atom. The van der Waals surface area contributed by atoms with Crippen LogP contribution in [0.15, 0.2) is 71.9 Å². The number of methoxy groups -OCH3 is 2. The van der Waals surface area contributed by atoms with E-state index in [0.29, 0.717) is 21.6 Å². The van der Waals surface area contributed by atoms with Gasteiger partial charge in [-0.2, -0.15) is 0 Å². The highest BCUT2D eigenvalue weighted by molar-refractivity contribution is 7.98. The lowest BCUT2D eigenvalue weighted by Gasteiger charge is -2.13. The summed E-state index contributed by atoms with van der Waals surface area (Å²) in [4.78, 5) is 0. The van der Waals surface area contributed by atoms with Crippen LogP contribution in [-0.4, -0.2) is 29.0 Å². The Morgan fingerprint density at radius 1 is 0.871 bits per heavy atom. The predicted octanol–water partition coefficient (Wildman–Crippen LogP) is 6.55. The second kappa shape index (κ2) is 9.64. The Hall–Kier alpha value is -2.67. The maximum atomic E-state index is 6.17. The van der Waals surface area contributed by atoms with Crippen LogP contribution >= 0.6 is 35.0 Å². The highest BCUT2D eigenvalue weighted by atomic mass is 35.5. The van der Waals surface area contributed by atoms with Gasteiger partial charge in [-0.3, -0.25) is 4.57 Å². The highest BCUT2D eigenvalue weighted by Gasteiger charge is 2.19. The zero-order valence-electron chi connectivity index (χ0n) is 16.9. The molecule has 0 atom stereocenters. The summed E-state index contributed by atoms with van der Waals surface area (Å²) in [5, 5.41) is 10.8. The average molecular weight is 472 g/mol. The topological polar surface area (TPSA) is 49.2 Å². The molecule has 0 bridgehead atoms. The first kappa shape index (κ1) is 21.6. The van der Waals surface area contributed by atoms with Crippen LogP contribution in [0.5, 0.6) is 11.5 Å². The van der Waals surface area contributed by atoms with Crippen molar-refractivity contribution >= 4 is 35.0 Å². The Kier molecular flexibility index (Phi) is 6.70. The molecule has 0 fully saturated rings. The molecule has 4 aromatic rings. The largest absolute Gasteiger partial charge is 0.497 e. The number of para-hydroxylation sites is 1. The number of aromatic nitrogens is 3. The summed E-state index contributed by atoms with van der Waals surface area (Å²) < 4.78 is 12.9. The molecule has 0 aliphatic carbocycles. The molecule has 0 aliphatic heterocycles. The normalized spacial score (nSPS) is 10.8. The van der Waals surface area contributed by atoms with Crippen LogP contribution in [0.3, 0.4) is 0 Å². The van der Waals surface area contributed by atoms with Gasteiger partial charge in [-0.1, -0.05) is 53.2 Å². The standard InChI is InChI=1S/C23H19Cl2N3O2S/c1-29-17-10-8-16(9-11-17)28-22(18-5-3-4-6-21(18)30-2)26-27-23(28)31-14-15-7-12-19(24)20(25)13-15/h3-13H,14H2,1-2H3. The third kappa shape index (κ3) is 4.66. The zero-order valence-corrected chi connectivity index (χ0v) is 19.2. The van der Waals surface area contributed by atoms with Crippen LogP contribution in [0.1, 0.15) is 5.56 Å². The third-order valence-electron chi connectivity index (χ3n) is 4.66. The first-order chi connectivity index (χ1) is 15.1. The summed E-state index contributed by atoms with van der Waals surface area (Å²) in [5.74, 6) is 2.86. The van der Waals surface area contributed by atoms with Crippen molar-refractivity contribution in [2.45, 2.75) is 10.9 Å². The number of thioether (sulfide) groups is 1. The number of ether oxygens (including phenoxy) is 2. The van der Waals surface area contributed by atoms with Crippen LogP contribution < -0.4 is 9.47 Å². The molecule has 5 nitrogen and oxygen atoms in total. The van der Waals surface area contributed by atoms with E-state index in [4.69, 9.17) is 32.7 Å². The van der Waals surface area contributed by atoms with Gasteiger partial charge in [0.05, 0.1) is 35.5 Å². The molecule has 3 aromatic carbocycles. The SMILES string of the molecule is COc1ccc(-n2c(SCc3ccc(Cl)c(Cl)c3)nnc2-c2ccccc2OC)cc1. The zero-order chi connectivity index (χ0) is 21.8. The fourth-order valence-corrected chi connectivity index (χ4v) is 4.32. The predicted molar refractivity (Wildman–Crippen MR) is 126 cm³/mol. The molecular weight excluding hydrogens is 453 g/mol. The minimum atomic E-state index is 0.533. The van der Waals surface area contributed by atoms with Crippen LogP contribution in [0.4, 0.5) is 0 Å². The van der Waals surface area contributed by atoms with Crippen molar-refractivity contribution in [1.29, 1.82) is 0 Å². The number of benzene rings is 3. The summed E-state index contributed by atoms with van der Waals surface area (Å²) in [5.41, 5.74) is 2.82. The van der Waals surface area contributed by atoms with Gasteiger partial charge in [0.15, 0.2) is 11.0 Å². The van der Waals surface area contributed by atoms with Gasteiger partial charge in [0.1, 0.15) is 11.5 Å². The molecule has 0 saturated carbocycles. The summed E-state index contributed by atoms with van der Waals surface area (Å²) >= 11 is 13.8. The number of hydrogen-bond acceptors (Lipinski definition) is 5. The molecule has 1 heterocycles. The summed E-state index contributed by atoms with van der Waals surface area (Å²) in [7, 11) is 3.29. The van der Waals surface area contributed by atoms with E-state index in [1.54, 1.807) is 32.0 Å². The van der Waals surface area contributed by atoms with Crippen molar-refractivity contribution < 1.29 is 9.47 Å². The number of rotatable bonds is 7. The van der Waals surface area contributed by atoms with Crippen molar-refractivity contribution in [2.24, 2.45) is 0 Å². The van der Waals surface area contributed by atoms with E-state index in [1.807, 2.05) is 65.2 Å². The fourth-order valence-electron chi connectivity index (χ4n) is 3.11. The van der Waals surface area contributed by atoms with Crippen LogP contribution in [0.25, 0.3) is 17.1 Å². The summed E-state index contributed by atoms with van der Waals surface area (Å²) in [6.45, 7) is 0. The van der Waals surface area contributed by atoms with E-state index in [1.165, 1.54) is 0 Å². The van der Waals surface area contributed by atoms with Gasteiger partial charge in [-0.05, 0) is 54.1 Å². The molecule has 0 spiro atoms. The van der Waals surface area contributed by atoms with Crippen LogP contribution in [0.2, 0.25) is 10.0 Å².